The highest BCUT2D eigenvalue weighted by molar-refractivity contribution is 5.61. The van der Waals surface area contributed by atoms with Crippen LogP contribution < -0.4 is 10.4 Å². The molecule has 0 saturated carbocycles. The molecular formula is C9H10N4+. The first-order valence-electron chi connectivity index (χ1n) is 3.78. The minimum Gasteiger partial charge on any atom is -0.378 e. The average Bonchev–Trinajstić information content (AvgIpc) is 2.16. The highest BCUT2D eigenvalue weighted by atomic mass is 15.1. The quantitative estimate of drug-likeness (QED) is 0.653. The lowest BCUT2D eigenvalue weighted by molar-refractivity contribution is -0.210. The zero-order chi connectivity index (χ0) is 9.84. The van der Waals surface area contributed by atoms with Gasteiger partial charge < -0.3 is 4.90 Å². The Morgan fingerprint density at radius 2 is 2.15 bits per heavy atom. The molecule has 0 saturated heterocycles. The van der Waals surface area contributed by atoms with Crippen LogP contribution in [0.2, 0.25) is 0 Å². The summed E-state index contributed by atoms with van der Waals surface area (Å²) >= 11 is 0. The minimum absolute atomic E-state index is 0.410. The number of rotatable bonds is 2. The van der Waals surface area contributed by atoms with E-state index in [4.69, 9.17) is 10.8 Å². The largest absolute Gasteiger partial charge is 0.378 e. The number of nitrogens with zero attached hydrogens (tertiary/aromatic N) is 3. The van der Waals surface area contributed by atoms with Crippen molar-refractivity contribution in [1.29, 1.82) is 5.26 Å². The molecule has 0 heterocycles. The second-order valence-corrected chi connectivity index (χ2v) is 2.82. The fourth-order valence-corrected chi connectivity index (χ4v) is 0.989. The van der Waals surface area contributed by atoms with Crippen LogP contribution in [-0.4, -0.2) is 14.1 Å². The highest BCUT2D eigenvalue weighted by Gasteiger charge is 2.05. The van der Waals surface area contributed by atoms with Gasteiger partial charge in [0.1, 0.15) is 11.6 Å². The third-order valence-electron chi connectivity index (χ3n) is 1.74. The molecule has 0 spiro atoms. The highest BCUT2D eigenvalue weighted by Crippen LogP contribution is 2.22. The molecule has 4 heteroatoms. The molecule has 13 heavy (non-hydrogen) atoms. The fourth-order valence-electron chi connectivity index (χ4n) is 0.989. The van der Waals surface area contributed by atoms with Gasteiger partial charge in [0.25, 0.3) is 0 Å². The van der Waals surface area contributed by atoms with Crippen molar-refractivity contribution >= 4 is 11.4 Å². The van der Waals surface area contributed by atoms with Crippen LogP contribution in [0, 0.1) is 11.3 Å². The van der Waals surface area contributed by atoms with Gasteiger partial charge in [-0.25, -0.2) is 0 Å². The van der Waals surface area contributed by atoms with E-state index in [2.05, 4.69) is 5.11 Å². The van der Waals surface area contributed by atoms with Crippen LogP contribution in [0.5, 0.6) is 0 Å². The van der Waals surface area contributed by atoms with Crippen molar-refractivity contribution in [3.63, 3.8) is 0 Å². The van der Waals surface area contributed by atoms with E-state index in [1.807, 2.05) is 31.1 Å². The maximum atomic E-state index is 8.74. The second kappa shape index (κ2) is 3.68. The fraction of sp³-hybridized carbons (Fsp3) is 0.222. The molecule has 0 fully saturated rings. The zero-order valence-corrected chi connectivity index (χ0v) is 7.57. The third kappa shape index (κ3) is 1.82. The summed E-state index contributed by atoms with van der Waals surface area (Å²) in [7, 11) is 3.79. The van der Waals surface area contributed by atoms with Gasteiger partial charge in [0.2, 0.25) is 0 Å². The summed E-state index contributed by atoms with van der Waals surface area (Å²) in [5.41, 5.74) is 8.60. The van der Waals surface area contributed by atoms with Gasteiger partial charge in [-0.05, 0) is 18.2 Å². The first kappa shape index (κ1) is 9.20. The number of nitriles is 1. The monoisotopic (exact) mass is 174 g/mol. The maximum absolute atomic E-state index is 8.74. The van der Waals surface area contributed by atoms with E-state index in [9.17, 15) is 0 Å². The van der Waals surface area contributed by atoms with E-state index < -0.39 is 0 Å². The van der Waals surface area contributed by atoms with Crippen LogP contribution in [0.1, 0.15) is 5.56 Å². The summed E-state index contributed by atoms with van der Waals surface area (Å²) in [5, 5.41) is 12.0. The summed E-state index contributed by atoms with van der Waals surface area (Å²) < 4.78 is 0. The van der Waals surface area contributed by atoms with Gasteiger partial charge >= 0.3 is 0 Å². The smallest absolute Gasteiger partial charge is 0.155 e. The van der Waals surface area contributed by atoms with Crippen molar-refractivity contribution in [1.82, 2.24) is 0 Å². The lowest BCUT2D eigenvalue weighted by atomic mass is 10.1. The number of hydrogen-bond donors (Lipinski definition) is 1. The molecule has 0 bridgehead atoms. The number of anilines is 1. The Labute approximate surface area is 76.9 Å². The van der Waals surface area contributed by atoms with E-state index in [-0.39, 0.29) is 0 Å². The van der Waals surface area contributed by atoms with Crippen LogP contribution in [-0.2, 0) is 0 Å². The van der Waals surface area contributed by atoms with E-state index in [1.54, 1.807) is 12.1 Å². The van der Waals surface area contributed by atoms with Crippen molar-refractivity contribution in [3.05, 3.63) is 23.8 Å². The lowest BCUT2D eigenvalue weighted by Crippen LogP contribution is -2.22. The molecule has 0 aliphatic rings. The van der Waals surface area contributed by atoms with Crippen molar-refractivity contribution in [2.45, 2.75) is 0 Å². The summed E-state index contributed by atoms with van der Waals surface area (Å²) in [6.07, 6.45) is 0. The van der Waals surface area contributed by atoms with Crippen molar-refractivity contribution in [3.8, 4) is 6.07 Å². The molecule has 4 nitrogen and oxygen atoms in total. The van der Waals surface area contributed by atoms with Crippen LogP contribution in [0.4, 0.5) is 11.4 Å². The molecule has 1 radical (unpaired) electrons. The number of hydrogen-bond acceptors (Lipinski definition) is 4. The van der Waals surface area contributed by atoms with E-state index in [1.165, 1.54) is 0 Å². The van der Waals surface area contributed by atoms with Crippen LogP contribution in [0.3, 0.4) is 0 Å². The molecule has 65 valence electrons. The first-order valence-corrected chi connectivity index (χ1v) is 3.78. The maximum Gasteiger partial charge on any atom is 0.155 e. The molecule has 0 unspecified atom stereocenters. The molecule has 0 aromatic heterocycles. The Kier molecular flexibility index (Phi) is 2.60. The van der Waals surface area contributed by atoms with Crippen LogP contribution in [0.15, 0.2) is 23.3 Å². The number of nitrogens with one attached hydrogen (secondary N) is 1. The lowest BCUT2D eigenvalue weighted by Gasteiger charge is -2.11. The molecule has 1 rings (SSSR count). The van der Waals surface area contributed by atoms with Gasteiger partial charge in [-0.15, -0.1) is 0 Å². The van der Waals surface area contributed by atoms with Gasteiger partial charge in [0, 0.05) is 19.8 Å². The number of benzene rings is 1. The van der Waals surface area contributed by atoms with Gasteiger partial charge in [-0.2, -0.15) is 5.26 Å². The normalized spacial score (nSPS) is 9.00. The minimum atomic E-state index is 0.410. The Morgan fingerprint density at radius 1 is 1.46 bits per heavy atom. The zero-order valence-electron chi connectivity index (χ0n) is 7.57. The third-order valence-corrected chi connectivity index (χ3v) is 1.74. The van der Waals surface area contributed by atoms with Gasteiger partial charge in [-0.1, -0.05) is 0 Å². The molecule has 0 aliphatic heterocycles. The summed E-state index contributed by atoms with van der Waals surface area (Å²) in [6, 6.07) is 7.21. The molecule has 0 atom stereocenters. The Morgan fingerprint density at radius 3 is 2.62 bits per heavy atom. The van der Waals surface area contributed by atoms with Crippen molar-refractivity contribution in [2.75, 3.05) is 19.0 Å². The Hall–Kier alpha value is -1.89. The van der Waals surface area contributed by atoms with Crippen molar-refractivity contribution in [2.24, 2.45) is 5.11 Å². The summed E-state index contributed by atoms with van der Waals surface area (Å²) in [4.78, 5) is 1.90. The topological polar surface area (TPSA) is 63.2 Å². The Bertz CT molecular complexity index is 362. The molecule has 1 N–H and O–H groups in total. The molecule has 1 aromatic carbocycles. The standard InChI is InChI=1S/C9H10N4/c1-13(2)8-3-4-9(12-11)7(5-8)6-10/h3-5,11H,1-2H3/q+1. The molecule has 0 amide bonds. The molecular weight excluding hydrogens is 164 g/mol. The van der Waals surface area contributed by atoms with Gasteiger partial charge in [0.05, 0.1) is 10.7 Å². The average molecular weight is 174 g/mol. The van der Waals surface area contributed by atoms with Crippen LogP contribution >= 0.6 is 0 Å². The van der Waals surface area contributed by atoms with E-state index in [0.717, 1.165) is 5.69 Å². The summed E-state index contributed by atoms with van der Waals surface area (Å²) in [5.74, 6) is 0. The summed E-state index contributed by atoms with van der Waals surface area (Å²) in [6.45, 7) is 0. The molecule has 1 aromatic rings. The SMILES string of the molecule is CN(C)c1ccc(N=[NH+])c(C#N)c1. The second-order valence-electron chi connectivity index (χ2n) is 2.82. The predicted molar refractivity (Wildman–Crippen MR) is 48.5 cm³/mol. The van der Waals surface area contributed by atoms with Gasteiger partial charge in [-0.3, -0.25) is 0 Å². The first-order chi connectivity index (χ1) is 6.19. The Balaban J connectivity index is 3.23. The van der Waals surface area contributed by atoms with E-state index >= 15 is 0 Å². The van der Waals surface area contributed by atoms with Crippen molar-refractivity contribution < 1.29 is 5.53 Å². The predicted octanol–water partition coefficient (Wildman–Crippen LogP) is 0.253. The van der Waals surface area contributed by atoms with Crippen LogP contribution in [0.25, 0.3) is 0 Å². The molecule has 0 aliphatic carbocycles. The van der Waals surface area contributed by atoms with E-state index in [0.29, 0.717) is 11.3 Å². The van der Waals surface area contributed by atoms with Gasteiger partial charge in [0.15, 0.2) is 5.69 Å².